The number of pyridine rings is 1. The molecule has 31 heavy (non-hydrogen) atoms. The zero-order valence-electron chi connectivity index (χ0n) is 16.1. The lowest BCUT2D eigenvalue weighted by Gasteiger charge is -2.16. The van der Waals surface area contributed by atoms with Crippen molar-refractivity contribution in [3.63, 3.8) is 0 Å². The summed E-state index contributed by atoms with van der Waals surface area (Å²) in [6.45, 7) is -0.600. The Labute approximate surface area is 177 Å². The third-order valence-electron chi connectivity index (χ3n) is 4.81. The molecule has 0 spiro atoms. The fourth-order valence-corrected chi connectivity index (χ4v) is 4.27. The number of hydrogen-bond donors (Lipinski definition) is 3. The van der Waals surface area contributed by atoms with Crippen LogP contribution in [-0.4, -0.2) is 47.6 Å². The van der Waals surface area contributed by atoms with Gasteiger partial charge >= 0.3 is 10.3 Å². The lowest BCUT2D eigenvalue weighted by molar-refractivity contribution is 0.0764. The first-order chi connectivity index (χ1) is 14.8. The number of aliphatic hydroxyl groups excluding tert-OH is 1. The number of carbonyl (C=O) groups is 1. The van der Waals surface area contributed by atoms with Crippen molar-refractivity contribution in [3.05, 3.63) is 65.1 Å². The zero-order valence-corrected chi connectivity index (χ0v) is 16.9. The van der Waals surface area contributed by atoms with E-state index in [9.17, 15) is 22.7 Å². The summed E-state index contributed by atoms with van der Waals surface area (Å²) in [5.41, 5.74) is 0.773. The number of benzene rings is 2. The molecule has 1 aliphatic heterocycles. The van der Waals surface area contributed by atoms with Crippen LogP contribution in [0.15, 0.2) is 42.6 Å². The first-order valence-electron chi connectivity index (χ1n) is 9.27. The van der Waals surface area contributed by atoms with E-state index < -0.39 is 28.6 Å². The number of carbonyl (C=O) groups excluding carboxylic acids is 1. The molecule has 0 bridgehead atoms. The number of hydrogen-bond acceptors (Lipinski definition) is 7. The van der Waals surface area contributed by atoms with Gasteiger partial charge in [0.15, 0.2) is 11.5 Å². The van der Waals surface area contributed by atoms with Gasteiger partial charge in [0.05, 0.1) is 18.7 Å². The Balaban J connectivity index is 1.79. The van der Waals surface area contributed by atoms with Crippen molar-refractivity contribution in [2.45, 2.75) is 13.1 Å². The van der Waals surface area contributed by atoms with Crippen LogP contribution in [0.25, 0.3) is 10.9 Å². The molecule has 0 saturated heterocycles. The van der Waals surface area contributed by atoms with Crippen molar-refractivity contribution in [2.24, 2.45) is 0 Å². The lowest BCUT2D eigenvalue weighted by Crippen LogP contribution is -2.31. The monoisotopic (exact) mass is 447 g/mol. The van der Waals surface area contributed by atoms with Crippen LogP contribution in [-0.2, 0) is 23.4 Å². The van der Waals surface area contributed by atoms with E-state index in [-0.39, 0.29) is 53.2 Å². The van der Waals surface area contributed by atoms with Gasteiger partial charge in [0.1, 0.15) is 11.3 Å². The quantitative estimate of drug-likeness (QED) is 0.500. The number of aromatic hydroxyl groups is 1. The van der Waals surface area contributed by atoms with Gasteiger partial charge in [-0.2, -0.15) is 13.1 Å². The number of phenolic OH excluding ortho intramolecular Hbond substituents is 1. The standard InChI is InChI=1S/C20H18FN3O6S/c21-13-5-3-12(4-6-13)10-24-11-15-16(20(24)27)18(26)17-14(2-1-7-22-17)19(15)30-31(28,29)23-8-9-25/h1-7,23,25-26H,8-11H2. The number of phenols is 1. The second kappa shape index (κ2) is 8.10. The highest BCUT2D eigenvalue weighted by molar-refractivity contribution is 7.85. The molecule has 2 aromatic carbocycles. The third-order valence-corrected chi connectivity index (χ3v) is 5.75. The van der Waals surface area contributed by atoms with E-state index >= 15 is 0 Å². The highest BCUT2D eigenvalue weighted by Crippen LogP contribution is 2.44. The molecule has 3 N–H and O–H groups in total. The Hall–Kier alpha value is -3.28. The number of halogens is 1. The molecule has 9 nitrogen and oxygen atoms in total. The summed E-state index contributed by atoms with van der Waals surface area (Å²) in [5.74, 6) is -1.44. The number of fused-ring (bicyclic) bond motifs is 2. The smallest absolute Gasteiger partial charge is 0.382 e. The highest BCUT2D eigenvalue weighted by atomic mass is 32.2. The summed E-state index contributed by atoms with van der Waals surface area (Å²) < 4.78 is 45.1. The van der Waals surface area contributed by atoms with Crippen molar-refractivity contribution in [2.75, 3.05) is 13.2 Å². The minimum Gasteiger partial charge on any atom is -0.505 e. The number of aliphatic hydroxyl groups is 1. The molecule has 0 radical (unpaired) electrons. The second-order valence-electron chi connectivity index (χ2n) is 6.87. The van der Waals surface area contributed by atoms with Crippen molar-refractivity contribution < 1.29 is 32.0 Å². The second-order valence-corrected chi connectivity index (χ2v) is 8.24. The first kappa shape index (κ1) is 21.0. The van der Waals surface area contributed by atoms with Gasteiger partial charge in [-0.3, -0.25) is 9.78 Å². The molecule has 1 amide bonds. The van der Waals surface area contributed by atoms with Crippen LogP contribution in [0.1, 0.15) is 21.5 Å². The molecule has 11 heteroatoms. The van der Waals surface area contributed by atoms with Crippen molar-refractivity contribution in [1.82, 2.24) is 14.6 Å². The molecule has 0 aliphatic carbocycles. The Morgan fingerprint density at radius 2 is 1.97 bits per heavy atom. The van der Waals surface area contributed by atoms with Gasteiger partial charge in [0.2, 0.25) is 0 Å². The summed E-state index contributed by atoms with van der Waals surface area (Å²) in [4.78, 5) is 18.5. The van der Waals surface area contributed by atoms with Crippen LogP contribution in [0.5, 0.6) is 11.5 Å². The Kier molecular flexibility index (Phi) is 5.48. The Morgan fingerprint density at radius 1 is 1.23 bits per heavy atom. The van der Waals surface area contributed by atoms with Gasteiger partial charge in [0, 0.05) is 30.2 Å². The molecule has 2 heterocycles. The first-order valence-corrected chi connectivity index (χ1v) is 10.7. The van der Waals surface area contributed by atoms with Gasteiger partial charge in [-0.15, -0.1) is 0 Å². The largest absolute Gasteiger partial charge is 0.505 e. The van der Waals surface area contributed by atoms with Crippen LogP contribution < -0.4 is 8.91 Å². The van der Waals surface area contributed by atoms with E-state index in [1.54, 1.807) is 6.07 Å². The summed E-state index contributed by atoms with van der Waals surface area (Å²) in [5, 5.41) is 19.8. The molecular formula is C20H18FN3O6S. The maximum absolute atomic E-state index is 13.2. The third kappa shape index (κ3) is 4.02. The molecule has 3 aromatic rings. The topological polar surface area (TPSA) is 129 Å². The predicted molar refractivity (Wildman–Crippen MR) is 108 cm³/mol. The van der Waals surface area contributed by atoms with Crippen LogP contribution in [0.3, 0.4) is 0 Å². The highest BCUT2D eigenvalue weighted by Gasteiger charge is 2.36. The summed E-state index contributed by atoms with van der Waals surface area (Å²) >= 11 is 0. The Bertz CT molecular complexity index is 1260. The molecule has 1 aromatic heterocycles. The van der Waals surface area contributed by atoms with Gasteiger partial charge in [-0.25, -0.2) is 4.39 Å². The van der Waals surface area contributed by atoms with Gasteiger partial charge in [-0.05, 0) is 29.8 Å². The number of amides is 1. The van der Waals surface area contributed by atoms with Crippen molar-refractivity contribution in [3.8, 4) is 11.5 Å². The number of nitrogens with zero attached hydrogens (tertiary/aromatic N) is 2. The summed E-state index contributed by atoms with van der Waals surface area (Å²) in [7, 11) is -4.31. The van der Waals surface area contributed by atoms with Gasteiger partial charge < -0.3 is 19.3 Å². The summed E-state index contributed by atoms with van der Waals surface area (Å²) in [6.07, 6.45) is 1.40. The molecule has 0 atom stereocenters. The predicted octanol–water partition coefficient (Wildman–Crippen LogP) is 1.44. The van der Waals surface area contributed by atoms with Crippen LogP contribution in [0.4, 0.5) is 4.39 Å². The molecule has 1 aliphatic rings. The fraction of sp³-hybridized carbons (Fsp3) is 0.200. The van der Waals surface area contributed by atoms with E-state index in [1.165, 1.54) is 41.4 Å². The average Bonchev–Trinajstić information content (AvgIpc) is 3.07. The van der Waals surface area contributed by atoms with Gasteiger partial charge in [-0.1, -0.05) is 12.1 Å². The van der Waals surface area contributed by atoms with Crippen LogP contribution >= 0.6 is 0 Å². The minimum atomic E-state index is -4.31. The van der Waals surface area contributed by atoms with Crippen molar-refractivity contribution >= 4 is 27.1 Å². The number of aromatic nitrogens is 1. The minimum absolute atomic E-state index is 0.0191. The average molecular weight is 447 g/mol. The molecule has 0 saturated carbocycles. The maximum atomic E-state index is 13.2. The molecule has 4 rings (SSSR count). The molecule has 0 fully saturated rings. The fourth-order valence-electron chi connectivity index (χ4n) is 3.46. The maximum Gasteiger partial charge on any atom is 0.382 e. The van der Waals surface area contributed by atoms with E-state index in [1.807, 2.05) is 0 Å². The van der Waals surface area contributed by atoms with Crippen molar-refractivity contribution in [1.29, 1.82) is 0 Å². The number of nitrogens with one attached hydrogen (secondary N) is 1. The van der Waals surface area contributed by atoms with E-state index in [0.29, 0.717) is 5.56 Å². The lowest BCUT2D eigenvalue weighted by atomic mass is 10.0. The number of rotatable bonds is 7. The van der Waals surface area contributed by atoms with E-state index in [0.717, 1.165) is 0 Å². The van der Waals surface area contributed by atoms with Gasteiger partial charge in [0.25, 0.3) is 5.91 Å². The molecular weight excluding hydrogens is 429 g/mol. The van der Waals surface area contributed by atoms with E-state index in [2.05, 4.69) is 9.71 Å². The SMILES string of the molecule is O=C1c2c(c(OS(=O)(=O)NCCO)c3cccnc3c2O)CN1Cc1ccc(F)cc1. The normalized spacial score (nSPS) is 13.6. The Morgan fingerprint density at radius 3 is 2.68 bits per heavy atom. The molecule has 0 unspecified atom stereocenters. The van der Waals surface area contributed by atoms with Crippen LogP contribution in [0, 0.1) is 5.82 Å². The van der Waals surface area contributed by atoms with E-state index in [4.69, 9.17) is 9.29 Å². The van der Waals surface area contributed by atoms with Crippen LogP contribution in [0.2, 0.25) is 0 Å². The zero-order chi connectivity index (χ0) is 22.2. The summed E-state index contributed by atoms with van der Waals surface area (Å²) in [6, 6.07) is 8.67. The molecule has 162 valence electrons.